The third-order valence-electron chi connectivity index (χ3n) is 3.79. The Morgan fingerprint density at radius 2 is 2.08 bits per heavy atom. The average molecular weight is 382 g/mol. The van der Waals surface area contributed by atoms with Gasteiger partial charge in [0.2, 0.25) is 16.0 Å². The van der Waals surface area contributed by atoms with Gasteiger partial charge in [-0.1, -0.05) is 17.9 Å². The van der Waals surface area contributed by atoms with Crippen molar-refractivity contribution in [3.8, 4) is 0 Å². The topological polar surface area (TPSA) is 75.2 Å². The maximum Gasteiger partial charge on any atom is 0.445 e. The number of aromatic nitrogens is 2. The SMILES string of the molecule is C=CC(=O)N1CCCc2cc(C(=O)Nc3nnc(C(F)(F)F)s3)ccc21. The number of alkyl halides is 3. The number of aryl methyl sites for hydroxylation is 1. The van der Waals surface area contributed by atoms with Gasteiger partial charge in [-0.2, -0.15) is 13.2 Å². The number of benzene rings is 1. The van der Waals surface area contributed by atoms with E-state index in [-0.39, 0.29) is 27.9 Å². The molecule has 0 spiro atoms. The van der Waals surface area contributed by atoms with Gasteiger partial charge >= 0.3 is 6.18 Å². The Morgan fingerprint density at radius 1 is 1.31 bits per heavy atom. The number of fused-ring (bicyclic) bond motifs is 1. The summed E-state index contributed by atoms with van der Waals surface area (Å²) in [5, 5.41) is 7.30. The highest BCUT2D eigenvalue weighted by molar-refractivity contribution is 7.15. The summed E-state index contributed by atoms with van der Waals surface area (Å²) in [5.41, 5.74) is 1.78. The van der Waals surface area contributed by atoms with Crippen molar-refractivity contribution in [1.29, 1.82) is 0 Å². The number of rotatable bonds is 3. The van der Waals surface area contributed by atoms with Gasteiger partial charge in [-0.05, 0) is 42.7 Å². The number of carbonyl (C=O) groups is 2. The van der Waals surface area contributed by atoms with Gasteiger partial charge in [-0.25, -0.2) is 0 Å². The van der Waals surface area contributed by atoms with Gasteiger partial charge in [0, 0.05) is 17.8 Å². The zero-order valence-corrected chi connectivity index (χ0v) is 14.2. The Morgan fingerprint density at radius 3 is 2.73 bits per heavy atom. The molecule has 0 unspecified atom stereocenters. The van der Waals surface area contributed by atoms with Crippen LogP contribution in [0, 0.1) is 0 Å². The van der Waals surface area contributed by atoms with E-state index in [2.05, 4.69) is 22.1 Å². The first-order valence-corrected chi connectivity index (χ1v) is 8.40. The Bertz CT molecular complexity index is 879. The zero-order valence-electron chi connectivity index (χ0n) is 13.3. The molecule has 2 aromatic rings. The fraction of sp³-hybridized carbons (Fsp3) is 0.250. The van der Waals surface area contributed by atoms with E-state index in [4.69, 9.17) is 0 Å². The van der Waals surface area contributed by atoms with Gasteiger partial charge in [0.05, 0.1) is 0 Å². The minimum absolute atomic E-state index is 0.225. The quantitative estimate of drug-likeness (QED) is 0.827. The number of carbonyl (C=O) groups excluding carboxylic acids is 2. The van der Waals surface area contributed by atoms with Crippen LogP contribution in [-0.4, -0.2) is 28.6 Å². The monoisotopic (exact) mass is 382 g/mol. The van der Waals surface area contributed by atoms with E-state index in [1.54, 1.807) is 17.0 Å². The van der Waals surface area contributed by atoms with Crippen molar-refractivity contribution >= 4 is 34.0 Å². The second-order valence-corrected chi connectivity index (χ2v) is 6.48. The second kappa shape index (κ2) is 6.87. The molecule has 2 heterocycles. The van der Waals surface area contributed by atoms with Gasteiger partial charge in [0.15, 0.2) is 0 Å². The number of nitrogens with one attached hydrogen (secondary N) is 1. The van der Waals surface area contributed by atoms with Crippen molar-refractivity contribution in [2.24, 2.45) is 0 Å². The first-order chi connectivity index (χ1) is 12.3. The number of nitrogens with zero attached hydrogens (tertiary/aromatic N) is 3. The fourth-order valence-electron chi connectivity index (χ4n) is 2.64. The van der Waals surface area contributed by atoms with Crippen LogP contribution >= 0.6 is 11.3 Å². The van der Waals surface area contributed by atoms with Crippen molar-refractivity contribution in [2.45, 2.75) is 19.0 Å². The smallest absolute Gasteiger partial charge is 0.309 e. The van der Waals surface area contributed by atoms with Crippen molar-refractivity contribution in [3.63, 3.8) is 0 Å². The normalized spacial score (nSPS) is 13.9. The minimum Gasteiger partial charge on any atom is -0.309 e. The molecule has 6 nitrogen and oxygen atoms in total. The summed E-state index contributed by atoms with van der Waals surface area (Å²) >= 11 is 0.256. The van der Waals surface area contributed by atoms with Gasteiger partial charge in [-0.15, -0.1) is 10.2 Å². The Balaban J connectivity index is 1.80. The molecule has 2 amide bonds. The summed E-state index contributed by atoms with van der Waals surface area (Å²) in [6.07, 6.45) is -1.95. The standard InChI is InChI=1S/C16H13F3N4O2S/c1-2-12(24)23-7-3-4-9-8-10(5-6-11(9)23)13(25)20-15-22-21-14(26-15)16(17,18)19/h2,5-6,8H,1,3-4,7H2,(H,20,22,25). The largest absolute Gasteiger partial charge is 0.445 e. The van der Waals surface area contributed by atoms with Gasteiger partial charge in [0.25, 0.3) is 5.91 Å². The molecule has 26 heavy (non-hydrogen) atoms. The van der Waals surface area contributed by atoms with Crippen molar-refractivity contribution < 1.29 is 22.8 Å². The molecule has 0 fully saturated rings. The summed E-state index contributed by atoms with van der Waals surface area (Å²) in [6.45, 7) is 4.04. The summed E-state index contributed by atoms with van der Waals surface area (Å²) < 4.78 is 37.6. The van der Waals surface area contributed by atoms with Crippen molar-refractivity contribution in [1.82, 2.24) is 10.2 Å². The third kappa shape index (κ3) is 3.59. The summed E-state index contributed by atoms with van der Waals surface area (Å²) in [6, 6.07) is 4.78. The Kier molecular flexibility index (Phi) is 4.77. The highest BCUT2D eigenvalue weighted by atomic mass is 32.1. The molecule has 0 aliphatic carbocycles. The lowest BCUT2D eigenvalue weighted by atomic mass is 9.99. The van der Waals surface area contributed by atoms with Crippen LogP contribution in [0.1, 0.15) is 27.3 Å². The number of halogens is 3. The molecule has 1 aromatic carbocycles. The summed E-state index contributed by atoms with van der Waals surface area (Å²) in [5.74, 6) is -0.818. The van der Waals surface area contributed by atoms with E-state index in [1.165, 1.54) is 12.1 Å². The maximum atomic E-state index is 12.5. The van der Waals surface area contributed by atoms with E-state index in [0.717, 1.165) is 12.0 Å². The predicted molar refractivity (Wildman–Crippen MR) is 90.2 cm³/mol. The number of amides is 2. The molecule has 0 bridgehead atoms. The Labute approximate surface area is 150 Å². The maximum absolute atomic E-state index is 12.5. The van der Waals surface area contributed by atoms with Crippen LogP contribution in [0.3, 0.4) is 0 Å². The molecule has 1 N–H and O–H groups in total. The van der Waals surface area contributed by atoms with Crippen LogP contribution in [0.25, 0.3) is 0 Å². The molecule has 0 saturated heterocycles. The lowest BCUT2D eigenvalue weighted by molar-refractivity contribution is -0.138. The lowest BCUT2D eigenvalue weighted by Gasteiger charge is -2.28. The predicted octanol–water partition coefficient (Wildman–Crippen LogP) is 3.27. The zero-order chi connectivity index (χ0) is 18.9. The molecule has 10 heteroatoms. The molecule has 1 aromatic heterocycles. The van der Waals surface area contributed by atoms with Crippen LogP contribution in [0.4, 0.5) is 24.0 Å². The second-order valence-electron chi connectivity index (χ2n) is 5.51. The number of hydrogen-bond acceptors (Lipinski definition) is 5. The van der Waals surface area contributed by atoms with E-state index in [9.17, 15) is 22.8 Å². The first-order valence-electron chi connectivity index (χ1n) is 7.58. The van der Waals surface area contributed by atoms with E-state index in [0.29, 0.717) is 18.7 Å². The highest BCUT2D eigenvalue weighted by Gasteiger charge is 2.35. The number of hydrogen-bond donors (Lipinski definition) is 1. The average Bonchev–Trinajstić information content (AvgIpc) is 3.09. The number of anilines is 2. The lowest BCUT2D eigenvalue weighted by Crippen LogP contribution is -2.34. The molecule has 0 saturated carbocycles. The van der Waals surface area contributed by atoms with Gasteiger partial charge in [0.1, 0.15) is 0 Å². The molecular weight excluding hydrogens is 369 g/mol. The highest BCUT2D eigenvalue weighted by Crippen LogP contribution is 2.33. The van der Waals surface area contributed by atoms with Crippen LogP contribution in [-0.2, 0) is 17.4 Å². The molecule has 1 aliphatic rings. The summed E-state index contributed by atoms with van der Waals surface area (Å²) in [4.78, 5) is 25.8. The van der Waals surface area contributed by atoms with Crippen LogP contribution in [0.5, 0.6) is 0 Å². The molecule has 3 rings (SSSR count). The first kappa shape index (κ1) is 18.1. The van der Waals surface area contributed by atoms with Crippen LogP contribution < -0.4 is 10.2 Å². The molecule has 0 atom stereocenters. The van der Waals surface area contributed by atoms with Crippen LogP contribution in [0.2, 0.25) is 0 Å². The molecule has 0 radical (unpaired) electrons. The fourth-order valence-corrected chi connectivity index (χ4v) is 3.24. The van der Waals surface area contributed by atoms with Crippen LogP contribution in [0.15, 0.2) is 30.9 Å². The van der Waals surface area contributed by atoms with Crippen molar-refractivity contribution in [2.75, 3.05) is 16.8 Å². The molecular formula is C16H13F3N4O2S. The third-order valence-corrected chi connectivity index (χ3v) is 4.67. The van der Waals surface area contributed by atoms with Gasteiger partial charge in [-0.3, -0.25) is 14.9 Å². The summed E-state index contributed by atoms with van der Waals surface area (Å²) in [7, 11) is 0. The van der Waals surface area contributed by atoms with E-state index in [1.807, 2.05) is 0 Å². The van der Waals surface area contributed by atoms with E-state index < -0.39 is 17.1 Å². The Hall–Kier alpha value is -2.75. The molecule has 1 aliphatic heterocycles. The molecule has 136 valence electrons. The van der Waals surface area contributed by atoms with Gasteiger partial charge < -0.3 is 4.90 Å². The van der Waals surface area contributed by atoms with E-state index >= 15 is 0 Å². The van der Waals surface area contributed by atoms with Crippen molar-refractivity contribution in [3.05, 3.63) is 47.0 Å². The minimum atomic E-state index is -4.60.